The second kappa shape index (κ2) is 6.23. The predicted molar refractivity (Wildman–Crippen MR) is 64.6 cm³/mol. The molecular weight excluding hydrogens is 423 g/mol. The lowest BCUT2D eigenvalue weighted by Crippen LogP contribution is -2.22. The Bertz CT molecular complexity index is 543. The Morgan fingerprint density at radius 1 is 1.29 bits per heavy atom. The highest BCUT2D eigenvalue weighted by molar-refractivity contribution is 14.1. The molecule has 0 N–H and O–H groups in total. The molecule has 0 aliphatic rings. The van der Waals surface area contributed by atoms with Gasteiger partial charge in [-0.05, 0) is 29.5 Å². The maximum Gasteiger partial charge on any atom is 0.574 e. The molecule has 11 heteroatoms. The van der Waals surface area contributed by atoms with E-state index in [-0.39, 0.29) is 6.61 Å². The van der Waals surface area contributed by atoms with E-state index in [4.69, 9.17) is 0 Å². The molecule has 0 aromatic carbocycles. The van der Waals surface area contributed by atoms with Crippen LogP contribution in [0.15, 0.2) is 6.20 Å². The zero-order valence-electron chi connectivity index (χ0n) is 10.1. The molecule has 0 fully saturated rings. The fraction of sp³-hybridized carbons (Fsp3) is 0.400. The standard InChI is InChI=1S/C10H6F6INO3/c1-2-20-8(19)4-3-18-7(21-10(14,15)16)6(17)5(4)9(11,12)13/h3H,2H2,1H3. The summed E-state index contributed by atoms with van der Waals surface area (Å²) in [5, 5.41) is 0. The number of alkyl halides is 6. The van der Waals surface area contributed by atoms with Crippen LogP contribution in [0.4, 0.5) is 26.3 Å². The lowest BCUT2D eigenvalue weighted by molar-refractivity contribution is -0.276. The van der Waals surface area contributed by atoms with Crippen LogP contribution in [-0.4, -0.2) is 23.9 Å². The van der Waals surface area contributed by atoms with E-state index in [0.29, 0.717) is 6.20 Å². The molecule has 0 aliphatic heterocycles. The smallest absolute Gasteiger partial charge is 0.462 e. The minimum absolute atomic E-state index is 0.201. The third-order valence-electron chi connectivity index (χ3n) is 1.98. The average Bonchev–Trinajstić information content (AvgIpc) is 2.28. The Balaban J connectivity index is 3.43. The summed E-state index contributed by atoms with van der Waals surface area (Å²) in [6.45, 7) is 1.16. The van der Waals surface area contributed by atoms with E-state index < -0.39 is 39.1 Å². The SMILES string of the molecule is CCOC(=O)c1cnc(OC(F)(F)F)c(I)c1C(F)(F)F. The molecule has 1 aromatic rings. The zero-order chi connectivity index (χ0) is 16.4. The van der Waals surface area contributed by atoms with Crippen molar-refractivity contribution in [3.63, 3.8) is 0 Å². The molecule has 0 bridgehead atoms. The third kappa shape index (κ3) is 4.61. The highest BCUT2D eigenvalue weighted by Gasteiger charge is 2.42. The molecule has 0 atom stereocenters. The monoisotopic (exact) mass is 429 g/mol. The van der Waals surface area contributed by atoms with Crippen LogP contribution in [-0.2, 0) is 10.9 Å². The zero-order valence-corrected chi connectivity index (χ0v) is 12.3. The number of ether oxygens (including phenoxy) is 2. The Hall–Kier alpha value is -1.27. The molecule has 1 rings (SSSR count). The van der Waals surface area contributed by atoms with E-state index in [0.717, 1.165) is 22.6 Å². The first-order valence-electron chi connectivity index (χ1n) is 5.16. The largest absolute Gasteiger partial charge is 0.574 e. The summed E-state index contributed by atoms with van der Waals surface area (Å²) >= 11 is 0.978. The fourth-order valence-corrected chi connectivity index (χ4v) is 2.14. The number of pyridine rings is 1. The molecule has 0 unspecified atom stereocenters. The van der Waals surface area contributed by atoms with Gasteiger partial charge in [0.1, 0.15) is 0 Å². The van der Waals surface area contributed by atoms with E-state index in [2.05, 4.69) is 14.5 Å². The normalized spacial score (nSPS) is 12.2. The summed E-state index contributed by atoms with van der Waals surface area (Å²) in [5.74, 6) is -2.63. The molecule has 0 saturated heterocycles. The van der Waals surface area contributed by atoms with Crippen LogP contribution >= 0.6 is 22.6 Å². The fourth-order valence-electron chi connectivity index (χ4n) is 1.29. The molecule has 1 heterocycles. The second-order valence-electron chi connectivity index (χ2n) is 3.43. The Labute approximate surface area is 127 Å². The van der Waals surface area contributed by atoms with Gasteiger partial charge in [-0.1, -0.05) is 0 Å². The molecule has 21 heavy (non-hydrogen) atoms. The van der Waals surface area contributed by atoms with Gasteiger partial charge in [0.15, 0.2) is 0 Å². The molecular formula is C10H6F6INO3. The minimum atomic E-state index is -5.21. The Morgan fingerprint density at radius 2 is 1.86 bits per heavy atom. The molecule has 0 spiro atoms. The van der Waals surface area contributed by atoms with Gasteiger partial charge in [0, 0.05) is 6.20 Å². The van der Waals surface area contributed by atoms with E-state index in [1.807, 2.05) is 0 Å². The second-order valence-corrected chi connectivity index (χ2v) is 4.51. The van der Waals surface area contributed by atoms with Gasteiger partial charge < -0.3 is 9.47 Å². The van der Waals surface area contributed by atoms with Crippen molar-refractivity contribution in [2.45, 2.75) is 19.5 Å². The van der Waals surface area contributed by atoms with Crippen LogP contribution in [0, 0.1) is 3.57 Å². The summed E-state index contributed by atoms with van der Waals surface area (Å²) in [4.78, 5) is 14.5. The van der Waals surface area contributed by atoms with Crippen molar-refractivity contribution < 1.29 is 40.6 Å². The number of hydrogen-bond acceptors (Lipinski definition) is 4. The number of hydrogen-bond donors (Lipinski definition) is 0. The van der Waals surface area contributed by atoms with E-state index in [1.165, 1.54) is 6.92 Å². The number of rotatable bonds is 3. The van der Waals surface area contributed by atoms with Crippen LogP contribution in [0.5, 0.6) is 5.88 Å². The Kier molecular flexibility index (Phi) is 5.28. The number of carbonyl (C=O) groups excluding carboxylic acids is 1. The van der Waals surface area contributed by atoms with E-state index in [1.54, 1.807) is 0 Å². The average molecular weight is 429 g/mol. The molecule has 0 radical (unpaired) electrons. The van der Waals surface area contributed by atoms with Crippen LogP contribution in [0.25, 0.3) is 0 Å². The van der Waals surface area contributed by atoms with Gasteiger partial charge in [-0.15, -0.1) is 13.2 Å². The van der Waals surface area contributed by atoms with E-state index >= 15 is 0 Å². The van der Waals surface area contributed by atoms with Gasteiger partial charge in [-0.3, -0.25) is 0 Å². The summed E-state index contributed by atoms with van der Waals surface area (Å²) in [5.41, 5.74) is -2.57. The van der Waals surface area contributed by atoms with Crippen molar-refractivity contribution in [3.8, 4) is 5.88 Å². The van der Waals surface area contributed by atoms with Gasteiger partial charge >= 0.3 is 18.5 Å². The number of esters is 1. The number of aromatic nitrogens is 1. The molecule has 118 valence electrons. The Morgan fingerprint density at radius 3 is 2.29 bits per heavy atom. The summed E-state index contributed by atoms with van der Waals surface area (Å²) in [6.07, 6.45) is -9.95. The maximum absolute atomic E-state index is 12.9. The van der Waals surface area contributed by atoms with Crippen LogP contribution in [0.3, 0.4) is 0 Å². The first-order chi connectivity index (χ1) is 9.47. The van der Waals surface area contributed by atoms with Crippen LogP contribution < -0.4 is 4.74 Å². The number of carbonyl (C=O) groups is 1. The highest BCUT2D eigenvalue weighted by Crippen LogP contribution is 2.39. The van der Waals surface area contributed by atoms with Crippen molar-refractivity contribution in [3.05, 3.63) is 20.9 Å². The topological polar surface area (TPSA) is 48.4 Å². The van der Waals surface area contributed by atoms with Crippen LogP contribution in [0.1, 0.15) is 22.8 Å². The molecule has 0 amide bonds. The number of halogens is 7. The first-order valence-corrected chi connectivity index (χ1v) is 6.23. The highest BCUT2D eigenvalue weighted by atomic mass is 127. The van der Waals surface area contributed by atoms with Gasteiger partial charge in [0.05, 0.1) is 21.3 Å². The van der Waals surface area contributed by atoms with Gasteiger partial charge in [0.2, 0.25) is 5.88 Å². The van der Waals surface area contributed by atoms with Gasteiger partial charge in [-0.25, -0.2) is 9.78 Å². The molecule has 0 saturated carbocycles. The van der Waals surface area contributed by atoms with Gasteiger partial charge in [-0.2, -0.15) is 13.2 Å². The molecule has 4 nitrogen and oxygen atoms in total. The molecule has 1 aromatic heterocycles. The lowest BCUT2D eigenvalue weighted by Gasteiger charge is -2.16. The predicted octanol–water partition coefficient (Wildman–Crippen LogP) is 3.78. The van der Waals surface area contributed by atoms with Crippen molar-refractivity contribution in [1.82, 2.24) is 4.98 Å². The maximum atomic E-state index is 12.9. The minimum Gasteiger partial charge on any atom is -0.462 e. The van der Waals surface area contributed by atoms with Crippen molar-refractivity contribution in [2.24, 2.45) is 0 Å². The van der Waals surface area contributed by atoms with Gasteiger partial charge in [0.25, 0.3) is 0 Å². The third-order valence-corrected chi connectivity index (χ3v) is 2.98. The lowest BCUT2D eigenvalue weighted by atomic mass is 10.1. The van der Waals surface area contributed by atoms with Crippen molar-refractivity contribution in [2.75, 3.05) is 6.61 Å². The molecule has 0 aliphatic carbocycles. The summed E-state index contributed by atoms with van der Waals surface area (Å²) < 4.78 is 81.9. The first kappa shape index (κ1) is 17.8. The van der Waals surface area contributed by atoms with E-state index in [9.17, 15) is 31.1 Å². The van der Waals surface area contributed by atoms with Crippen molar-refractivity contribution in [1.29, 1.82) is 0 Å². The summed E-state index contributed by atoms with van der Waals surface area (Å²) in [6, 6.07) is 0. The van der Waals surface area contributed by atoms with Crippen LogP contribution in [0.2, 0.25) is 0 Å². The summed E-state index contributed by atoms with van der Waals surface area (Å²) in [7, 11) is 0. The quantitative estimate of drug-likeness (QED) is 0.417. The number of nitrogens with zero attached hydrogens (tertiary/aromatic N) is 1. The van der Waals surface area contributed by atoms with Crippen molar-refractivity contribution >= 4 is 28.6 Å².